The number of ether oxygens (including phenoxy) is 1. The van der Waals surface area contributed by atoms with Crippen LogP contribution in [0.4, 0.5) is 4.39 Å². The van der Waals surface area contributed by atoms with Crippen LogP contribution in [0.15, 0.2) is 30.3 Å². The summed E-state index contributed by atoms with van der Waals surface area (Å²) in [7, 11) is 0. The van der Waals surface area contributed by atoms with Gasteiger partial charge >= 0.3 is 5.97 Å². The molecule has 0 aliphatic rings. The van der Waals surface area contributed by atoms with Gasteiger partial charge < -0.3 is 9.84 Å². The van der Waals surface area contributed by atoms with Crippen molar-refractivity contribution in [3.8, 4) is 16.9 Å². The molecule has 0 aromatic heterocycles. The van der Waals surface area contributed by atoms with E-state index < -0.39 is 17.5 Å². The van der Waals surface area contributed by atoms with E-state index in [0.717, 1.165) is 0 Å². The Bertz CT molecular complexity index is 698. The first-order valence-electron chi connectivity index (χ1n) is 6.41. The molecule has 0 amide bonds. The Morgan fingerprint density at radius 3 is 2.62 bits per heavy atom. The molecule has 21 heavy (non-hydrogen) atoms. The standard InChI is InChI=1S/C16H14ClFO3/c1-3-21-16(20)13-11(8-9(2)14(17)15(13)19)10-6-4-5-7-12(10)18/h4-8,19H,3H2,1-2H3. The average Bonchev–Trinajstić information content (AvgIpc) is 2.45. The van der Waals surface area contributed by atoms with Crippen LogP contribution in [-0.4, -0.2) is 17.7 Å². The highest BCUT2D eigenvalue weighted by atomic mass is 35.5. The molecular formula is C16H14ClFO3. The third-order valence-corrected chi connectivity index (χ3v) is 3.54. The van der Waals surface area contributed by atoms with Gasteiger partial charge in [-0.1, -0.05) is 29.8 Å². The van der Waals surface area contributed by atoms with Crippen LogP contribution in [-0.2, 0) is 4.74 Å². The highest BCUT2D eigenvalue weighted by molar-refractivity contribution is 6.33. The monoisotopic (exact) mass is 308 g/mol. The smallest absolute Gasteiger partial charge is 0.342 e. The quantitative estimate of drug-likeness (QED) is 0.858. The highest BCUT2D eigenvalue weighted by Gasteiger charge is 2.24. The van der Waals surface area contributed by atoms with E-state index in [1.165, 1.54) is 12.1 Å². The summed E-state index contributed by atoms with van der Waals surface area (Å²) in [6.07, 6.45) is 0. The second kappa shape index (κ2) is 6.14. The molecule has 0 unspecified atom stereocenters. The lowest BCUT2D eigenvalue weighted by Gasteiger charge is -2.14. The van der Waals surface area contributed by atoms with Crippen LogP contribution in [0.5, 0.6) is 5.75 Å². The number of phenolic OH excluding ortho intramolecular Hbond substituents is 1. The normalized spacial score (nSPS) is 10.5. The Morgan fingerprint density at radius 1 is 1.33 bits per heavy atom. The maximum Gasteiger partial charge on any atom is 0.342 e. The van der Waals surface area contributed by atoms with Crippen molar-refractivity contribution in [3.05, 3.63) is 52.3 Å². The minimum absolute atomic E-state index is 0.0538. The van der Waals surface area contributed by atoms with Crippen LogP contribution in [0.3, 0.4) is 0 Å². The number of esters is 1. The van der Waals surface area contributed by atoms with E-state index in [-0.39, 0.29) is 28.3 Å². The molecule has 2 aromatic carbocycles. The van der Waals surface area contributed by atoms with Crippen molar-refractivity contribution in [1.82, 2.24) is 0 Å². The van der Waals surface area contributed by atoms with Crippen LogP contribution in [0.1, 0.15) is 22.8 Å². The molecular weight excluding hydrogens is 295 g/mol. The Morgan fingerprint density at radius 2 is 2.00 bits per heavy atom. The number of halogens is 2. The van der Waals surface area contributed by atoms with Crippen LogP contribution in [0.2, 0.25) is 5.02 Å². The predicted octanol–water partition coefficient (Wildman–Crippen LogP) is 4.34. The molecule has 5 heteroatoms. The van der Waals surface area contributed by atoms with Gasteiger partial charge in [0.25, 0.3) is 0 Å². The number of carbonyl (C=O) groups excluding carboxylic acids is 1. The van der Waals surface area contributed by atoms with Gasteiger partial charge in [0.2, 0.25) is 0 Å². The second-order valence-electron chi connectivity index (χ2n) is 4.48. The predicted molar refractivity (Wildman–Crippen MR) is 79.2 cm³/mol. The van der Waals surface area contributed by atoms with Crippen molar-refractivity contribution in [2.45, 2.75) is 13.8 Å². The van der Waals surface area contributed by atoms with Crippen LogP contribution >= 0.6 is 11.6 Å². The molecule has 2 rings (SSSR count). The second-order valence-corrected chi connectivity index (χ2v) is 4.86. The van der Waals surface area contributed by atoms with Gasteiger partial charge in [0.15, 0.2) is 0 Å². The molecule has 1 N–H and O–H groups in total. The van der Waals surface area contributed by atoms with E-state index in [2.05, 4.69) is 0 Å². The Hall–Kier alpha value is -2.07. The Kier molecular flexibility index (Phi) is 4.48. The number of aryl methyl sites for hydroxylation is 1. The topological polar surface area (TPSA) is 46.5 Å². The highest BCUT2D eigenvalue weighted by Crippen LogP contribution is 2.39. The van der Waals surface area contributed by atoms with Gasteiger partial charge in [-0.25, -0.2) is 9.18 Å². The molecule has 0 radical (unpaired) electrons. The largest absolute Gasteiger partial charge is 0.505 e. The van der Waals surface area contributed by atoms with E-state index in [0.29, 0.717) is 5.56 Å². The first-order valence-corrected chi connectivity index (χ1v) is 6.79. The summed E-state index contributed by atoms with van der Waals surface area (Å²) in [6.45, 7) is 3.45. The minimum atomic E-state index is -0.741. The molecule has 0 aliphatic carbocycles. The van der Waals surface area contributed by atoms with Gasteiger partial charge in [0.1, 0.15) is 17.1 Å². The first kappa shape index (κ1) is 15.3. The van der Waals surface area contributed by atoms with Crippen molar-refractivity contribution in [2.24, 2.45) is 0 Å². The maximum atomic E-state index is 14.0. The fourth-order valence-electron chi connectivity index (χ4n) is 2.08. The van der Waals surface area contributed by atoms with Crippen molar-refractivity contribution in [3.63, 3.8) is 0 Å². The summed E-state index contributed by atoms with van der Waals surface area (Å²) in [5, 5.41) is 10.2. The van der Waals surface area contributed by atoms with Crippen molar-refractivity contribution >= 4 is 17.6 Å². The lowest BCUT2D eigenvalue weighted by Crippen LogP contribution is -2.08. The molecule has 2 aromatic rings. The van der Waals surface area contributed by atoms with E-state index in [1.54, 1.807) is 32.0 Å². The third kappa shape index (κ3) is 2.85. The third-order valence-electron chi connectivity index (χ3n) is 3.06. The molecule has 0 heterocycles. The molecule has 0 bridgehead atoms. The summed E-state index contributed by atoms with van der Waals surface area (Å²) in [5.41, 5.74) is 0.875. The fraction of sp³-hybridized carbons (Fsp3) is 0.188. The number of carbonyl (C=O) groups is 1. The molecule has 0 aliphatic heterocycles. The average molecular weight is 309 g/mol. The molecule has 110 valence electrons. The molecule has 0 fully saturated rings. The molecule has 0 atom stereocenters. The van der Waals surface area contributed by atoms with Crippen molar-refractivity contribution in [2.75, 3.05) is 6.61 Å². The number of hydrogen-bond acceptors (Lipinski definition) is 3. The number of hydrogen-bond donors (Lipinski definition) is 1. The van der Waals surface area contributed by atoms with Gasteiger partial charge in [-0.3, -0.25) is 0 Å². The van der Waals surface area contributed by atoms with Gasteiger partial charge in [0, 0.05) is 11.1 Å². The Labute approximate surface area is 126 Å². The summed E-state index contributed by atoms with van der Waals surface area (Å²) in [4.78, 5) is 12.1. The molecule has 0 spiro atoms. The van der Waals surface area contributed by atoms with Gasteiger partial charge in [0.05, 0.1) is 11.6 Å². The van der Waals surface area contributed by atoms with E-state index in [1.807, 2.05) is 0 Å². The summed E-state index contributed by atoms with van der Waals surface area (Å²) < 4.78 is 18.9. The zero-order chi connectivity index (χ0) is 15.6. The summed E-state index contributed by atoms with van der Waals surface area (Å²) in [6, 6.07) is 7.57. The maximum absolute atomic E-state index is 14.0. The lowest BCUT2D eigenvalue weighted by molar-refractivity contribution is 0.0524. The number of rotatable bonds is 3. The number of phenols is 1. The van der Waals surface area contributed by atoms with E-state index >= 15 is 0 Å². The summed E-state index contributed by atoms with van der Waals surface area (Å²) in [5.74, 6) is -1.63. The zero-order valence-electron chi connectivity index (χ0n) is 11.6. The van der Waals surface area contributed by atoms with Gasteiger partial charge in [-0.15, -0.1) is 0 Å². The van der Waals surface area contributed by atoms with Gasteiger partial charge in [-0.05, 0) is 31.5 Å². The van der Waals surface area contributed by atoms with E-state index in [9.17, 15) is 14.3 Å². The Balaban J connectivity index is 2.76. The van der Waals surface area contributed by atoms with Crippen molar-refractivity contribution in [1.29, 1.82) is 0 Å². The summed E-state index contributed by atoms with van der Waals surface area (Å²) >= 11 is 5.97. The van der Waals surface area contributed by atoms with E-state index in [4.69, 9.17) is 16.3 Å². The minimum Gasteiger partial charge on any atom is -0.505 e. The fourth-order valence-corrected chi connectivity index (χ4v) is 2.23. The van der Waals surface area contributed by atoms with Crippen molar-refractivity contribution < 1.29 is 19.0 Å². The van der Waals surface area contributed by atoms with Crippen LogP contribution in [0, 0.1) is 12.7 Å². The van der Waals surface area contributed by atoms with Gasteiger partial charge in [-0.2, -0.15) is 0 Å². The molecule has 3 nitrogen and oxygen atoms in total. The lowest BCUT2D eigenvalue weighted by atomic mass is 9.96. The SMILES string of the molecule is CCOC(=O)c1c(-c2ccccc2F)cc(C)c(Cl)c1O. The van der Waals surface area contributed by atoms with Crippen LogP contribution in [0.25, 0.3) is 11.1 Å². The van der Waals surface area contributed by atoms with Crippen LogP contribution < -0.4 is 0 Å². The molecule has 0 saturated heterocycles. The zero-order valence-corrected chi connectivity index (χ0v) is 12.4. The number of aromatic hydroxyl groups is 1. The number of benzene rings is 2. The molecule has 0 saturated carbocycles. The first-order chi connectivity index (χ1) is 9.97.